The van der Waals surface area contributed by atoms with E-state index in [1.165, 1.54) is 17.5 Å². The second kappa shape index (κ2) is 6.03. The van der Waals surface area contributed by atoms with Gasteiger partial charge in [0.05, 0.1) is 0 Å². The normalized spacial score (nSPS) is 17.9. The van der Waals surface area contributed by atoms with Crippen molar-refractivity contribution in [1.29, 1.82) is 0 Å². The van der Waals surface area contributed by atoms with Gasteiger partial charge in [0.2, 0.25) is 0 Å². The molecule has 0 bridgehead atoms. The van der Waals surface area contributed by atoms with Crippen LogP contribution in [0.1, 0.15) is 23.5 Å². The Balaban J connectivity index is 0.00000120. The maximum Gasteiger partial charge on any atom is 0.0243 e. The van der Waals surface area contributed by atoms with Crippen LogP contribution >= 0.6 is 12.4 Å². The summed E-state index contributed by atoms with van der Waals surface area (Å²) in [4.78, 5) is 0. The first kappa shape index (κ1) is 13.1. The monoisotopic (exact) mass is 259 g/mol. The highest BCUT2D eigenvalue weighted by Crippen LogP contribution is 2.31. The molecule has 94 valence electrons. The largest absolute Gasteiger partial charge is 0.313 e. The van der Waals surface area contributed by atoms with E-state index >= 15 is 0 Å². The van der Waals surface area contributed by atoms with E-state index in [0.29, 0.717) is 12.0 Å². The summed E-state index contributed by atoms with van der Waals surface area (Å²) in [5.74, 6) is 0.492. The van der Waals surface area contributed by atoms with E-state index in [2.05, 4.69) is 66.0 Å². The fourth-order valence-corrected chi connectivity index (χ4v) is 2.57. The molecule has 1 saturated heterocycles. The van der Waals surface area contributed by atoms with E-state index < -0.39 is 0 Å². The summed E-state index contributed by atoms with van der Waals surface area (Å²) < 4.78 is 0. The Morgan fingerprint density at radius 3 is 1.61 bits per heavy atom. The summed E-state index contributed by atoms with van der Waals surface area (Å²) in [5.41, 5.74) is 2.83. The molecule has 1 atom stereocenters. The number of halogens is 1. The molecule has 1 aliphatic rings. The molecule has 0 saturated carbocycles. The lowest BCUT2D eigenvalue weighted by Crippen LogP contribution is -2.47. The third-order valence-corrected chi connectivity index (χ3v) is 3.58. The average molecular weight is 260 g/mol. The maximum absolute atomic E-state index is 3.54. The van der Waals surface area contributed by atoms with Crippen LogP contribution in [0.5, 0.6) is 0 Å². The minimum Gasteiger partial charge on any atom is -0.313 e. The topological polar surface area (TPSA) is 12.0 Å². The molecular weight excluding hydrogens is 242 g/mol. The van der Waals surface area contributed by atoms with Gasteiger partial charge in [-0.3, -0.25) is 0 Å². The molecule has 1 nitrogen and oxygen atoms in total. The first-order valence-electron chi connectivity index (χ1n) is 6.28. The van der Waals surface area contributed by atoms with Gasteiger partial charge in [0, 0.05) is 12.0 Å². The molecule has 2 aromatic rings. The Bertz CT molecular complexity index is 425. The Hall–Kier alpha value is -1.31. The first-order chi connectivity index (χ1) is 8.45. The summed E-state index contributed by atoms with van der Waals surface area (Å²) in [6, 6.07) is 22.2. The zero-order valence-electron chi connectivity index (χ0n) is 10.3. The highest BCUT2D eigenvalue weighted by atomic mass is 35.5. The van der Waals surface area contributed by atoms with Gasteiger partial charge in [-0.2, -0.15) is 0 Å². The minimum atomic E-state index is 0. The zero-order chi connectivity index (χ0) is 11.5. The molecule has 2 aromatic carbocycles. The Kier molecular flexibility index (Phi) is 4.40. The first-order valence-corrected chi connectivity index (χ1v) is 6.28. The lowest BCUT2D eigenvalue weighted by molar-refractivity contribution is 0.339. The number of hydrogen-bond acceptors (Lipinski definition) is 1. The lowest BCUT2D eigenvalue weighted by Gasteiger charge is -2.36. The molecule has 3 rings (SSSR count). The molecular formula is C16H18ClN. The molecule has 1 N–H and O–H groups in total. The van der Waals surface area contributed by atoms with Crippen molar-refractivity contribution in [2.24, 2.45) is 0 Å². The van der Waals surface area contributed by atoms with E-state index in [1.807, 2.05) is 0 Å². The Morgan fingerprint density at radius 1 is 0.833 bits per heavy atom. The molecule has 0 amide bonds. The molecule has 2 heteroatoms. The lowest BCUT2D eigenvalue weighted by atomic mass is 9.81. The highest BCUT2D eigenvalue weighted by molar-refractivity contribution is 5.85. The number of hydrogen-bond donors (Lipinski definition) is 1. The van der Waals surface area contributed by atoms with Gasteiger partial charge in [0.25, 0.3) is 0 Å². The van der Waals surface area contributed by atoms with Crippen molar-refractivity contribution >= 4 is 12.4 Å². The van der Waals surface area contributed by atoms with Gasteiger partial charge < -0.3 is 5.32 Å². The second-order valence-corrected chi connectivity index (χ2v) is 4.65. The van der Waals surface area contributed by atoms with Crippen LogP contribution in [0.15, 0.2) is 60.7 Å². The SMILES string of the molecule is Cl.c1ccc(C(c2ccccc2)C2CCN2)cc1. The fourth-order valence-electron chi connectivity index (χ4n) is 2.57. The van der Waals surface area contributed by atoms with E-state index in [0.717, 1.165) is 6.54 Å². The molecule has 0 aliphatic carbocycles. The molecule has 1 aliphatic heterocycles. The number of rotatable bonds is 3. The predicted molar refractivity (Wildman–Crippen MR) is 78.4 cm³/mol. The van der Waals surface area contributed by atoms with Gasteiger partial charge in [-0.25, -0.2) is 0 Å². The molecule has 1 heterocycles. The highest BCUT2D eigenvalue weighted by Gasteiger charge is 2.28. The van der Waals surface area contributed by atoms with Crippen LogP contribution in [-0.2, 0) is 0 Å². The quantitative estimate of drug-likeness (QED) is 0.888. The van der Waals surface area contributed by atoms with Crippen molar-refractivity contribution < 1.29 is 0 Å². The van der Waals surface area contributed by atoms with Crippen LogP contribution in [-0.4, -0.2) is 12.6 Å². The third-order valence-electron chi connectivity index (χ3n) is 3.58. The maximum atomic E-state index is 3.54. The summed E-state index contributed by atoms with van der Waals surface area (Å²) in [7, 11) is 0. The van der Waals surface area contributed by atoms with E-state index in [-0.39, 0.29) is 12.4 Å². The molecule has 18 heavy (non-hydrogen) atoms. The fraction of sp³-hybridized carbons (Fsp3) is 0.250. The van der Waals surface area contributed by atoms with Crippen LogP contribution in [0.3, 0.4) is 0 Å². The van der Waals surface area contributed by atoms with Gasteiger partial charge in [-0.15, -0.1) is 12.4 Å². The van der Waals surface area contributed by atoms with Gasteiger partial charge in [0.1, 0.15) is 0 Å². The standard InChI is InChI=1S/C16H17N.ClH/c1-3-7-13(8-4-1)16(15-11-12-17-15)14-9-5-2-6-10-14;/h1-10,15-17H,11-12H2;1H. The van der Waals surface area contributed by atoms with E-state index in [4.69, 9.17) is 0 Å². The van der Waals surface area contributed by atoms with E-state index in [9.17, 15) is 0 Å². The molecule has 1 unspecified atom stereocenters. The van der Waals surface area contributed by atoms with Crippen molar-refractivity contribution in [3.63, 3.8) is 0 Å². The summed E-state index contributed by atoms with van der Waals surface area (Å²) >= 11 is 0. The molecule has 0 spiro atoms. The number of nitrogens with one attached hydrogen (secondary N) is 1. The smallest absolute Gasteiger partial charge is 0.0243 e. The number of benzene rings is 2. The zero-order valence-corrected chi connectivity index (χ0v) is 11.1. The van der Waals surface area contributed by atoms with E-state index in [1.54, 1.807) is 0 Å². The van der Waals surface area contributed by atoms with Gasteiger partial charge >= 0.3 is 0 Å². The van der Waals surface area contributed by atoms with Crippen LogP contribution < -0.4 is 5.32 Å². The third kappa shape index (κ3) is 2.58. The average Bonchev–Trinajstić information content (AvgIpc) is 2.36. The van der Waals surface area contributed by atoms with Crippen molar-refractivity contribution in [3.8, 4) is 0 Å². The minimum absolute atomic E-state index is 0. The van der Waals surface area contributed by atoms with Gasteiger partial charge in [-0.05, 0) is 24.1 Å². The molecule has 0 radical (unpaired) electrons. The molecule has 0 aromatic heterocycles. The van der Waals surface area contributed by atoms with Crippen molar-refractivity contribution in [3.05, 3.63) is 71.8 Å². The Morgan fingerprint density at radius 2 is 1.28 bits per heavy atom. The summed E-state index contributed by atoms with van der Waals surface area (Å²) in [6.07, 6.45) is 1.27. The predicted octanol–water partition coefficient (Wildman–Crippen LogP) is 3.60. The van der Waals surface area contributed by atoms with Gasteiger partial charge in [-0.1, -0.05) is 60.7 Å². The summed E-state index contributed by atoms with van der Waals surface area (Å²) in [6.45, 7) is 1.15. The van der Waals surface area contributed by atoms with Gasteiger partial charge in [0.15, 0.2) is 0 Å². The van der Waals surface area contributed by atoms with Crippen molar-refractivity contribution in [2.45, 2.75) is 18.4 Å². The van der Waals surface area contributed by atoms with Crippen molar-refractivity contribution in [2.75, 3.05) is 6.54 Å². The second-order valence-electron chi connectivity index (χ2n) is 4.65. The van der Waals surface area contributed by atoms with Crippen LogP contribution in [0.25, 0.3) is 0 Å². The Labute approximate surface area is 115 Å². The summed E-state index contributed by atoms with van der Waals surface area (Å²) in [5, 5.41) is 3.54. The molecule has 1 fully saturated rings. The van der Waals surface area contributed by atoms with Crippen LogP contribution in [0, 0.1) is 0 Å². The van der Waals surface area contributed by atoms with Crippen LogP contribution in [0.2, 0.25) is 0 Å². The van der Waals surface area contributed by atoms with Crippen molar-refractivity contribution in [1.82, 2.24) is 5.32 Å². The van der Waals surface area contributed by atoms with Crippen LogP contribution in [0.4, 0.5) is 0 Å².